The highest BCUT2D eigenvalue weighted by atomic mass is 28.2. The summed E-state index contributed by atoms with van der Waals surface area (Å²) in [5.74, 6) is 0. The largest absolute Gasteiger partial charge is 0.420 e. The third-order valence-corrected chi connectivity index (χ3v) is 8.61. The van der Waals surface area contributed by atoms with Crippen molar-refractivity contribution in [3.05, 3.63) is 138 Å². The van der Waals surface area contributed by atoms with Gasteiger partial charge in [0, 0.05) is 17.8 Å². The van der Waals surface area contributed by atoms with Gasteiger partial charge < -0.3 is 9.33 Å². The third kappa shape index (κ3) is 4.66. The summed E-state index contributed by atoms with van der Waals surface area (Å²) in [4.78, 5) is 2.58. The number of para-hydroxylation sites is 1. The molecule has 33 heavy (non-hydrogen) atoms. The van der Waals surface area contributed by atoms with E-state index in [1.54, 1.807) is 0 Å². The van der Waals surface area contributed by atoms with Crippen LogP contribution in [-0.4, -0.2) is 22.9 Å². The van der Waals surface area contributed by atoms with Crippen LogP contribution in [0.5, 0.6) is 0 Å². The number of anilines is 1. The number of hydrogen-bond acceptors (Lipinski definition) is 2. The first-order valence-electron chi connectivity index (χ1n) is 11.9. The van der Waals surface area contributed by atoms with Gasteiger partial charge in [-0.3, -0.25) is 0 Å². The van der Waals surface area contributed by atoms with Crippen LogP contribution in [0.2, 0.25) is 0 Å². The Hall–Kier alpha value is -3.14. The van der Waals surface area contributed by atoms with Crippen molar-refractivity contribution in [3.8, 4) is 0 Å². The maximum Gasteiger partial charge on any atom is 0.173 e. The Morgan fingerprint density at radius 1 is 0.697 bits per heavy atom. The molecular weight excluding hydrogens is 418 g/mol. The summed E-state index contributed by atoms with van der Waals surface area (Å²) in [5, 5.41) is 0. The first kappa shape index (κ1) is 21.7. The minimum atomic E-state index is -0.876. The van der Waals surface area contributed by atoms with Crippen molar-refractivity contribution in [2.24, 2.45) is 0 Å². The van der Waals surface area contributed by atoms with Crippen LogP contribution < -0.4 is 4.90 Å². The molecule has 1 aliphatic rings. The second kappa shape index (κ2) is 10.2. The van der Waals surface area contributed by atoms with E-state index < -0.39 is 9.76 Å². The van der Waals surface area contributed by atoms with Crippen LogP contribution in [0.1, 0.15) is 35.1 Å². The molecule has 0 aliphatic carbocycles. The monoisotopic (exact) mass is 449 g/mol. The van der Waals surface area contributed by atoms with Crippen molar-refractivity contribution >= 4 is 15.5 Å². The molecule has 166 valence electrons. The summed E-state index contributed by atoms with van der Waals surface area (Å²) in [6.07, 6.45) is 2.29. The molecule has 0 spiro atoms. The smallest absolute Gasteiger partial charge is 0.173 e. The van der Waals surface area contributed by atoms with Crippen LogP contribution in [0.3, 0.4) is 0 Å². The quantitative estimate of drug-likeness (QED) is 0.303. The summed E-state index contributed by atoms with van der Waals surface area (Å²) in [6, 6.07) is 43.5. The minimum Gasteiger partial charge on any atom is -0.420 e. The first-order chi connectivity index (χ1) is 16.4. The van der Waals surface area contributed by atoms with Crippen molar-refractivity contribution in [1.29, 1.82) is 0 Å². The number of rotatable bonds is 8. The fraction of sp³-hybridized carbons (Fsp3) is 0.200. The van der Waals surface area contributed by atoms with E-state index >= 15 is 0 Å². The van der Waals surface area contributed by atoms with Crippen LogP contribution in [0.4, 0.5) is 5.69 Å². The van der Waals surface area contributed by atoms with E-state index in [4.69, 9.17) is 4.43 Å². The number of benzene rings is 4. The Bertz CT molecular complexity index is 1080. The number of nitrogens with zero attached hydrogens (tertiary/aromatic N) is 1. The molecule has 1 heterocycles. The van der Waals surface area contributed by atoms with Crippen LogP contribution in [0.25, 0.3) is 0 Å². The van der Waals surface area contributed by atoms with E-state index in [0.717, 1.165) is 19.6 Å². The zero-order valence-electron chi connectivity index (χ0n) is 19.0. The second-order valence-corrected chi connectivity index (χ2v) is 10.4. The molecule has 0 bridgehead atoms. The van der Waals surface area contributed by atoms with Gasteiger partial charge in [0.1, 0.15) is 0 Å². The highest BCUT2D eigenvalue weighted by molar-refractivity contribution is 6.31. The summed E-state index contributed by atoms with van der Waals surface area (Å²) >= 11 is 0. The summed E-state index contributed by atoms with van der Waals surface area (Å²) in [7, 11) is -0.876. The van der Waals surface area contributed by atoms with Crippen molar-refractivity contribution in [1.82, 2.24) is 0 Å². The average Bonchev–Trinajstić information content (AvgIpc) is 3.34. The van der Waals surface area contributed by atoms with E-state index in [9.17, 15) is 0 Å². The Kier molecular flexibility index (Phi) is 6.70. The summed E-state index contributed by atoms with van der Waals surface area (Å²) < 4.78 is 6.80. The van der Waals surface area contributed by atoms with Gasteiger partial charge in [0.15, 0.2) is 9.76 Å². The SMILES string of the molecule is c1ccc(C([SiH2]OC[C@]2(c3ccccc3)CCCN2c2ccccc2)c2ccccc2)cc1. The number of hydrogen-bond donors (Lipinski definition) is 0. The van der Waals surface area contributed by atoms with Gasteiger partial charge >= 0.3 is 0 Å². The molecule has 1 atom stereocenters. The zero-order valence-corrected chi connectivity index (χ0v) is 20.4. The lowest BCUT2D eigenvalue weighted by atomic mass is 9.87. The molecule has 0 radical (unpaired) electrons. The molecule has 4 aromatic carbocycles. The Labute approximate surface area is 199 Å². The predicted octanol–water partition coefficient (Wildman–Crippen LogP) is 6.07. The maximum atomic E-state index is 6.80. The van der Waals surface area contributed by atoms with Crippen molar-refractivity contribution < 1.29 is 4.43 Å². The van der Waals surface area contributed by atoms with Gasteiger partial charge in [-0.1, -0.05) is 109 Å². The van der Waals surface area contributed by atoms with Crippen LogP contribution in [-0.2, 0) is 9.96 Å². The molecule has 4 aromatic rings. The Morgan fingerprint density at radius 3 is 1.79 bits per heavy atom. The van der Waals surface area contributed by atoms with Gasteiger partial charge in [-0.05, 0) is 41.7 Å². The molecule has 1 saturated heterocycles. The van der Waals surface area contributed by atoms with E-state index in [2.05, 4.69) is 126 Å². The van der Waals surface area contributed by atoms with Crippen LogP contribution in [0.15, 0.2) is 121 Å². The van der Waals surface area contributed by atoms with Crippen molar-refractivity contribution in [2.45, 2.75) is 23.9 Å². The molecule has 0 aromatic heterocycles. The van der Waals surface area contributed by atoms with E-state index in [-0.39, 0.29) is 5.54 Å². The lowest BCUT2D eigenvalue weighted by molar-refractivity contribution is 0.226. The minimum absolute atomic E-state index is 0.118. The Balaban J connectivity index is 1.43. The van der Waals surface area contributed by atoms with E-state index in [1.807, 2.05) is 0 Å². The fourth-order valence-electron chi connectivity index (χ4n) is 5.25. The summed E-state index contributed by atoms with van der Waals surface area (Å²) in [5.41, 5.74) is 5.59. The van der Waals surface area contributed by atoms with E-state index in [0.29, 0.717) is 5.54 Å². The van der Waals surface area contributed by atoms with Crippen LogP contribution in [0, 0.1) is 0 Å². The molecule has 0 N–H and O–H groups in total. The normalized spacial score (nSPS) is 18.4. The van der Waals surface area contributed by atoms with Crippen LogP contribution >= 0.6 is 0 Å². The molecule has 1 fully saturated rings. The predicted molar refractivity (Wildman–Crippen MR) is 140 cm³/mol. The molecule has 5 rings (SSSR count). The molecule has 0 saturated carbocycles. The van der Waals surface area contributed by atoms with Gasteiger partial charge in [-0.15, -0.1) is 0 Å². The molecule has 1 aliphatic heterocycles. The molecular formula is C30H31NOSi. The van der Waals surface area contributed by atoms with Crippen molar-refractivity contribution in [3.63, 3.8) is 0 Å². The van der Waals surface area contributed by atoms with Gasteiger partial charge in [-0.25, -0.2) is 0 Å². The second-order valence-electron chi connectivity index (χ2n) is 8.88. The highest BCUT2D eigenvalue weighted by Gasteiger charge is 2.42. The van der Waals surface area contributed by atoms with E-state index in [1.165, 1.54) is 28.8 Å². The lowest BCUT2D eigenvalue weighted by Gasteiger charge is -2.41. The molecule has 0 unspecified atom stereocenters. The first-order valence-corrected chi connectivity index (χ1v) is 13.3. The summed E-state index contributed by atoms with van der Waals surface area (Å²) in [6.45, 7) is 1.79. The highest BCUT2D eigenvalue weighted by Crippen LogP contribution is 2.42. The van der Waals surface area contributed by atoms with Gasteiger partial charge in [-0.2, -0.15) is 0 Å². The molecule has 2 nitrogen and oxygen atoms in total. The lowest BCUT2D eigenvalue weighted by Crippen LogP contribution is -2.46. The fourth-order valence-corrected chi connectivity index (χ4v) is 6.87. The topological polar surface area (TPSA) is 12.5 Å². The van der Waals surface area contributed by atoms with Gasteiger partial charge in [0.05, 0.1) is 12.1 Å². The standard InChI is InChI=1S/C30H31NOSi/c1-5-14-25(15-6-1)29(26-16-7-2-8-17-26)33-32-24-30(27-18-9-3-10-19-27)22-13-23-31(30)28-20-11-4-12-21-28/h1-12,14-21,29H,13,22-24,33H2/t30-/m0/s1. The zero-order chi connectivity index (χ0) is 22.3. The van der Waals surface area contributed by atoms with Gasteiger partial charge in [0.25, 0.3) is 0 Å². The Morgan fingerprint density at radius 2 is 1.21 bits per heavy atom. The van der Waals surface area contributed by atoms with Crippen molar-refractivity contribution in [2.75, 3.05) is 18.1 Å². The van der Waals surface area contributed by atoms with Gasteiger partial charge in [0.2, 0.25) is 0 Å². The molecule has 0 amide bonds. The third-order valence-electron chi connectivity index (χ3n) is 6.90. The maximum absolute atomic E-state index is 6.80. The average molecular weight is 450 g/mol. The molecule has 3 heteroatoms.